The molecule has 2 aliphatic rings. The van der Waals surface area contributed by atoms with E-state index in [4.69, 9.17) is 4.74 Å². The standard InChI is InChI=1S/C13H18N2O3S/c1-2-8-7-18-6-5-15(8)13-14-11-9(12(16)17)3-4-10(11)19-13/h8-9H,2-7H2,1H3,(H,16,17). The normalized spacial score (nSPS) is 26.5. The van der Waals surface area contributed by atoms with Crippen LogP contribution in [-0.2, 0) is 16.0 Å². The van der Waals surface area contributed by atoms with E-state index in [2.05, 4.69) is 16.8 Å². The Morgan fingerprint density at radius 2 is 2.47 bits per heavy atom. The Morgan fingerprint density at radius 1 is 1.63 bits per heavy atom. The summed E-state index contributed by atoms with van der Waals surface area (Å²) in [6, 6.07) is 0.364. The quantitative estimate of drug-likeness (QED) is 0.917. The van der Waals surface area contributed by atoms with Crippen molar-refractivity contribution in [3.63, 3.8) is 0 Å². The van der Waals surface area contributed by atoms with Gasteiger partial charge in [0.15, 0.2) is 5.13 Å². The minimum absolute atomic E-state index is 0.364. The molecule has 2 unspecified atom stereocenters. The summed E-state index contributed by atoms with van der Waals surface area (Å²) in [6.45, 7) is 4.46. The van der Waals surface area contributed by atoms with Crippen LogP contribution in [0.1, 0.15) is 36.3 Å². The number of morpholine rings is 1. The number of fused-ring (bicyclic) bond motifs is 1. The first-order valence-corrected chi connectivity index (χ1v) is 7.59. The molecule has 0 radical (unpaired) electrons. The molecule has 2 heterocycles. The zero-order valence-electron chi connectivity index (χ0n) is 11.0. The predicted octanol–water partition coefficient (Wildman–Crippen LogP) is 1.87. The van der Waals surface area contributed by atoms with Crippen molar-refractivity contribution in [3.05, 3.63) is 10.6 Å². The third-order valence-electron chi connectivity index (χ3n) is 3.95. The third-order valence-corrected chi connectivity index (χ3v) is 5.12. The molecule has 1 aliphatic heterocycles. The Balaban J connectivity index is 1.87. The number of aliphatic carboxylic acids is 1. The summed E-state index contributed by atoms with van der Waals surface area (Å²) in [4.78, 5) is 19.3. The third kappa shape index (κ3) is 2.23. The summed E-state index contributed by atoms with van der Waals surface area (Å²) >= 11 is 1.66. The predicted molar refractivity (Wildman–Crippen MR) is 73.1 cm³/mol. The summed E-state index contributed by atoms with van der Waals surface area (Å²) in [5.41, 5.74) is 0.800. The lowest BCUT2D eigenvalue weighted by molar-refractivity contribution is -0.138. The molecule has 0 amide bonds. The Morgan fingerprint density at radius 3 is 3.21 bits per heavy atom. The summed E-state index contributed by atoms with van der Waals surface area (Å²) in [7, 11) is 0. The van der Waals surface area contributed by atoms with Crippen LogP contribution in [0.5, 0.6) is 0 Å². The summed E-state index contributed by atoms with van der Waals surface area (Å²) in [6.07, 6.45) is 2.57. The van der Waals surface area contributed by atoms with Crippen molar-refractivity contribution in [2.45, 2.75) is 38.1 Å². The number of nitrogens with zero attached hydrogens (tertiary/aromatic N) is 2. The molecular formula is C13H18N2O3S. The van der Waals surface area contributed by atoms with E-state index in [-0.39, 0.29) is 0 Å². The zero-order valence-corrected chi connectivity index (χ0v) is 11.8. The molecule has 104 valence electrons. The van der Waals surface area contributed by atoms with Gasteiger partial charge in [0.1, 0.15) is 5.92 Å². The molecule has 0 aromatic carbocycles. The molecule has 3 rings (SSSR count). The monoisotopic (exact) mass is 282 g/mol. The second-order valence-electron chi connectivity index (χ2n) is 5.06. The minimum Gasteiger partial charge on any atom is -0.481 e. The summed E-state index contributed by atoms with van der Waals surface area (Å²) in [5.74, 6) is -1.15. The van der Waals surface area contributed by atoms with Crippen molar-refractivity contribution < 1.29 is 14.6 Å². The number of rotatable bonds is 3. The van der Waals surface area contributed by atoms with Gasteiger partial charge in [0.05, 0.1) is 24.9 Å². The molecule has 19 heavy (non-hydrogen) atoms. The fourth-order valence-electron chi connectivity index (χ4n) is 2.82. The maximum absolute atomic E-state index is 11.2. The first-order valence-electron chi connectivity index (χ1n) is 6.77. The molecule has 1 aromatic heterocycles. The van der Waals surface area contributed by atoms with Gasteiger partial charge in [-0.3, -0.25) is 4.79 Å². The van der Waals surface area contributed by atoms with Gasteiger partial charge in [-0.05, 0) is 19.3 Å². The van der Waals surface area contributed by atoms with Crippen LogP contribution in [0.15, 0.2) is 0 Å². The van der Waals surface area contributed by atoms with Crippen LogP contribution in [0.3, 0.4) is 0 Å². The lowest BCUT2D eigenvalue weighted by Gasteiger charge is -2.34. The molecule has 1 aromatic rings. The number of carboxylic acid groups (broad SMARTS) is 1. The fraction of sp³-hybridized carbons (Fsp3) is 0.692. The maximum atomic E-state index is 11.2. The number of hydrogen-bond donors (Lipinski definition) is 1. The average molecular weight is 282 g/mol. The van der Waals surface area contributed by atoms with Crippen LogP contribution in [0.25, 0.3) is 0 Å². The molecule has 1 aliphatic carbocycles. The topological polar surface area (TPSA) is 62.7 Å². The highest BCUT2D eigenvalue weighted by molar-refractivity contribution is 7.15. The van der Waals surface area contributed by atoms with Gasteiger partial charge in [-0.15, -0.1) is 11.3 Å². The van der Waals surface area contributed by atoms with Crippen LogP contribution < -0.4 is 4.90 Å². The van der Waals surface area contributed by atoms with Gasteiger partial charge in [0, 0.05) is 11.4 Å². The van der Waals surface area contributed by atoms with E-state index >= 15 is 0 Å². The number of hydrogen-bond acceptors (Lipinski definition) is 5. The van der Waals surface area contributed by atoms with Crippen LogP contribution in [0.4, 0.5) is 5.13 Å². The van der Waals surface area contributed by atoms with E-state index in [1.54, 1.807) is 11.3 Å². The molecule has 1 saturated heterocycles. The Bertz CT molecular complexity index is 488. The maximum Gasteiger partial charge on any atom is 0.312 e. The number of anilines is 1. The summed E-state index contributed by atoms with van der Waals surface area (Å²) < 4.78 is 5.50. The van der Waals surface area contributed by atoms with E-state index in [0.717, 1.165) is 48.3 Å². The van der Waals surface area contributed by atoms with Crippen molar-refractivity contribution in [2.75, 3.05) is 24.7 Å². The number of carboxylic acids is 1. The molecular weight excluding hydrogens is 264 g/mol. The Labute approximate surface area is 116 Å². The Hall–Kier alpha value is -1.14. The number of aromatic nitrogens is 1. The van der Waals surface area contributed by atoms with Gasteiger partial charge in [-0.1, -0.05) is 6.92 Å². The van der Waals surface area contributed by atoms with Crippen molar-refractivity contribution in [3.8, 4) is 0 Å². The molecule has 6 heteroatoms. The molecule has 0 saturated carbocycles. The molecule has 0 bridgehead atoms. The number of thiazole rings is 1. The SMILES string of the molecule is CCC1COCCN1c1nc2c(s1)CCC2C(=O)O. The number of carbonyl (C=O) groups is 1. The van der Waals surface area contributed by atoms with Crippen LogP contribution in [-0.4, -0.2) is 41.9 Å². The van der Waals surface area contributed by atoms with Gasteiger partial charge in [-0.2, -0.15) is 0 Å². The van der Waals surface area contributed by atoms with Crippen LogP contribution in [0, 0.1) is 0 Å². The van der Waals surface area contributed by atoms with Crippen LogP contribution >= 0.6 is 11.3 Å². The largest absolute Gasteiger partial charge is 0.481 e. The van der Waals surface area contributed by atoms with Gasteiger partial charge >= 0.3 is 5.97 Å². The zero-order chi connectivity index (χ0) is 13.4. The second-order valence-corrected chi connectivity index (χ2v) is 6.13. The number of aryl methyl sites for hydroxylation is 1. The molecule has 1 N–H and O–H groups in total. The lowest BCUT2D eigenvalue weighted by atomic mass is 10.1. The van der Waals surface area contributed by atoms with Gasteiger partial charge in [-0.25, -0.2) is 4.98 Å². The van der Waals surface area contributed by atoms with Gasteiger partial charge in [0.2, 0.25) is 0 Å². The van der Waals surface area contributed by atoms with E-state index in [1.165, 1.54) is 0 Å². The first kappa shape index (κ1) is 12.9. The highest BCUT2D eigenvalue weighted by Crippen LogP contribution is 2.40. The van der Waals surface area contributed by atoms with Crippen molar-refractivity contribution in [1.29, 1.82) is 0 Å². The van der Waals surface area contributed by atoms with E-state index < -0.39 is 11.9 Å². The highest BCUT2D eigenvalue weighted by atomic mass is 32.1. The van der Waals surface area contributed by atoms with Crippen LogP contribution in [0.2, 0.25) is 0 Å². The van der Waals surface area contributed by atoms with E-state index in [0.29, 0.717) is 12.5 Å². The highest BCUT2D eigenvalue weighted by Gasteiger charge is 2.34. The Kier molecular flexibility index (Phi) is 3.45. The average Bonchev–Trinajstić information content (AvgIpc) is 2.97. The van der Waals surface area contributed by atoms with Gasteiger partial charge in [0.25, 0.3) is 0 Å². The minimum atomic E-state index is -0.746. The smallest absolute Gasteiger partial charge is 0.312 e. The fourth-order valence-corrected chi connectivity index (χ4v) is 4.06. The van der Waals surface area contributed by atoms with Crippen molar-refractivity contribution >= 4 is 22.4 Å². The lowest BCUT2D eigenvalue weighted by Crippen LogP contribution is -2.45. The molecule has 5 nitrogen and oxygen atoms in total. The second kappa shape index (κ2) is 5.09. The van der Waals surface area contributed by atoms with Gasteiger partial charge < -0.3 is 14.7 Å². The first-order chi connectivity index (χ1) is 9.20. The van der Waals surface area contributed by atoms with Crippen molar-refractivity contribution in [2.24, 2.45) is 0 Å². The molecule has 1 fully saturated rings. The van der Waals surface area contributed by atoms with E-state index in [1.807, 2.05) is 0 Å². The molecule has 0 spiro atoms. The molecule has 2 atom stereocenters. The number of ether oxygens (including phenoxy) is 1. The summed E-state index contributed by atoms with van der Waals surface area (Å²) in [5, 5.41) is 10.2. The van der Waals surface area contributed by atoms with Crippen molar-refractivity contribution in [1.82, 2.24) is 4.98 Å². The van der Waals surface area contributed by atoms with E-state index in [9.17, 15) is 9.90 Å².